The third-order valence-corrected chi connectivity index (χ3v) is 8.46. The highest BCUT2D eigenvalue weighted by Crippen LogP contribution is 2.71. The molecule has 0 unspecified atom stereocenters. The Kier molecular flexibility index (Phi) is 3.03. The van der Waals surface area contributed by atoms with Gasteiger partial charge in [-0.05, 0) is 72.7 Å². The van der Waals surface area contributed by atoms with Gasteiger partial charge in [0.2, 0.25) is 0 Å². The predicted octanol–water partition coefficient (Wildman–Crippen LogP) is 3.92. The van der Waals surface area contributed by atoms with Gasteiger partial charge in [-0.1, -0.05) is 33.8 Å². The molecule has 2 bridgehead atoms. The van der Waals surface area contributed by atoms with Gasteiger partial charge >= 0.3 is 0 Å². The van der Waals surface area contributed by atoms with Crippen LogP contribution in [0.3, 0.4) is 0 Å². The minimum absolute atomic E-state index is 0.0852. The number of hydrogen-bond donors (Lipinski definition) is 2. The second-order valence-electron chi connectivity index (χ2n) is 9.83. The average molecular weight is 304 g/mol. The second kappa shape index (κ2) is 4.39. The van der Waals surface area contributed by atoms with Crippen LogP contribution < -0.4 is 0 Å². The van der Waals surface area contributed by atoms with E-state index in [1.54, 1.807) is 0 Å². The maximum atomic E-state index is 11.0. The Bertz CT molecular complexity index is 510. The molecule has 2 N–H and O–H groups in total. The number of aliphatic hydroxyl groups is 2. The summed E-state index contributed by atoms with van der Waals surface area (Å²) in [4.78, 5) is 0. The van der Waals surface area contributed by atoms with E-state index in [9.17, 15) is 10.2 Å². The van der Waals surface area contributed by atoms with Crippen molar-refractivity contribution < 1.29 is 10.2 Å². The van der Waals surface area contributed by atoms with Crippen LogP contribution >= 0.6 is 0 Å². The summed E-state index contributed by atoms with van der Waals surface area (Å²) in [6.07, 6.45) is 7.33. The maximum absolute atomic E-state index is 11.0. The third kappa shape index (κ3) is 1.64. The molecule has 124 valence electrons. The SMILES string of the molecule is C=C1[C@H]2C[C@H](O)[C@H]3[C@@]4(C)CCCC(C)(C)[C@@H]4CC[C@@]3(C2)[C@@H]1O. The Morgan fingerprint density at radius 1 is 1.09 bits per heavy atom. The first-order chi connectivity index (χ1) is 10.2. The molecule has 22 heavy (non-hydrogen) atoms. The fourth-order valence-electron chi connectivity index (χ4n) is 7.80. The normalized spacial score (nSPS) is 56.4. The standard InChI is InChI=1S/C20H32O2/c1-12-13-10-14(21)16-19(4)8-5-7-18(2,3)15(19)6-9-20(16,11-13)17(12)22/h13-17,21-22H,1,5-11H2,2-4H3/t13-,14-,15-,16-,17+,19-,20-/m0/s1. The second-order valence-corrected chi connectivity index (χ2v) is 9.83. The molecule has 1 spiro atoms. The maximum Gasteiger partial charge on any atom is 0.0810 e. The molecule has 2 nitrogen and oxygen atoms in total. The van der Waals surface area contributed by atoms with Crippen LogP contribution in [0, 0.1) is 34.0 Å². The fourth-order valence-corrected chi connectivity index (χ4v) is 7.80. The molecule has 0 aromatic heterocycles. The van der Waals surface area contributed by atoms with Gasteiger partial charge in [0.1, 0.15) is 0 Å². The molecule has 0 aliphatic heterocycles. The Labute approximate surface area is 135 Å². The number of hydrogen-bond acceptors (Lipinski definition) is 2. The molecule has 0 heterocycles. The van der Waals surface area contributed by atoms with Crippen LogP contribution in [0.15, 0.2) is 12.2 Å². The van der Waals surface area contributed by atoms with E-state index in [0.29, 0.717) is 17.3 Å². The van der Waals surface area contributed by atoms with E-state index >= 15 is 0 Å². The zero-order chi connectivity index (χ0) is 15.9. The summed E-state index contributed by atoms with van der Waals surface area (Å²) < 4.78 is 0. The minimum Gasteiger partial charge on any atom is -0.393 e. The van der Waals surface area contributed by atoms with Crippen LogP contribution in [0.4, 0.5) is 0 Å². The Balaban J connectivity index is 1.82. The van der Waals surface area contributed by atoms with Crippen molar-refractivity contribution in [3.63, 3.8) is 0 Å². The van der Waals surface area contributed by atoms with Crippen molar-refractivity contribution in [1.82, 2.24) is 0 Å². The van der Waals surface area contributed by atoms with Crippen LogP contribution in [0.2, 0.25) is 0 Å². The summed E-state index contributed by atoms with van der Waals surface area (Å²) in [6, 6.07) is 0. The Morgan fingerprint density at radius 2 is 1.82 bits per heavy atom. The van der Waals surface area contributed by atoms with Gasteiger partial charge in [-0.15, -0.1) is 0 Å². The molecule has 0 aromatic rings. The fraction of sp³-hybridized carbons (Fsp3) is 0.900. The van der Waals surface area contributed by atoms with Crippen molar-refractivity contribution in [2.24, 2.45) is 34.0 Å². The van der Waals surface area contributed by atoms with Crippen molar-refractivity contribution in [3.05, 3.63) is 12.2 Å². The van der Waals surface area contributed by atoms with Gasteiger partial charge in [-0.3, -0.25) is 0 Å². The van der Waals surface area contributed by atoms with E-state index in [1.165, 1.54) is 25.7 Å². The summed E-state index contributed by atoms with van der Waals surface area (Å²) in [5.74, 6) is 1.28. The zero-order valence-corrected chi connectivity index (χ0v) is 14.4. The monoisotopic (exact) mass is 304 g/mol. The smallest absolute Gasteiger partial charge is 0.0810 e. The Hall–Kier alpha value is -0.340. The van der Waals surface area contributed by atoms with Crippen molar-refractivity contribution in [3.8, 4) is 0 Å². The van der Waals surface area contributed by atoms with Crippen molar-refractivity contribution in [1.29, 1.82) is 0 Å². The largest absolute Gasteiger partial charge is 0.393 e. The topological polar surface area (TPSA) is 40.5 Å². The molecule has 0 amide bonds. The van der Waals surface area contributed by atoms with Crippen molar-refractivity contribution in [2.45, 2.75) is 77.9 Å². The molecule has 0 radical (unpaired) electrons. The molecule has 4 aliphatic rings. The molecule has 4 saturated carbocycles. The summed E-state index contributed by atoms with van der Waals surface area (Å²) >= 11 is 0. The van der Waals surface area contributed by atoms with E-state index in [0.717, 1.165) is 24.8 Å². The molecule has 0 saturated heterocycles. The zero-order valence-electron chi connectivity index (χ0n) is 14.4. The summed E-state index contributed by atoms with van der Waals surface area (Å²) in [5, 5.41) is 22.0. The average Bonchev–Trinajstić information content (AvgIpc) is 2.59. The van der Waals surface area contributed by atoms with E-state index in [-0.39, 0.29) is 29.0 Å². The minimum atomic E-state index is -0.387. The Morgan fingerprint density at radius 3 is 2.55 bits per heavy atom. The van der Waals surface area contributed by atoms with Gasteiger partial charge in [0.15, 0.2) is 0 Å². The highest BCUT2D eigenvalue weighted by atomic mass is 16.3. The van der Waals surface area contributed by atoms with E-state index in [4.69, 9.17) is 0 Å². The first kappa shape index (κ1) is 15.2. The quantitative estimate of drug-likeness (QED) is 0.666. The van der Waals surface area contributed by atoms with Crippen LogP contribution in [0.25, 0.3) is 0 Å². The van der Waals surface area contributed by atoms with Gasteiger partial charge in [-0.2, -0.15) is 0 Å². The molecular weight excluding hydrogens is 272 g/mol. The summed E-state index contributed by atoms with van der Waals surface area (Å²) in [5.41, 5.74) is 1.47. The molecule has 2 heteroatoms. The van der Waals surface area contributed by atoms with Gasteiger partial charge in [-0.25, -0.2) is 0 Å². The molecule has 4 aliphatic carbocycles. The lowest BCUT2D eigenvalue weighted by molar-refractivity contribution is -0.203. The lowest BCUT2D eigenvalue weighted by Gasteiger charge is -2.65. The lowest BCUT2D eigenvalue weighted by atomic mass is 9.40. The molecule has 4 rings (SSSR count). The lowest BCUT2D eigenvalue weighted by Crippen LogP contribution is -2.61. The summed E-state index contributed by atoms with van der Waals surface area (Å²) in [6.45, 7) is 11.5. The highest BCUT2D eigenvalue weighted by Gasteiger charge is 2.68. The van der Waals surface area contributed by atoms with Crippen LogP contribution in [-0.2, 0) is 0 Å². The van der Waals surface area contributed by atoms with Crippen LogP contribution in [0.1, 0.15) is 65.7 Å². The van der Waals surface area contributed by atoms with Gasteiger partial charge in [0.25, 0.3) is 0 Å². The molecular formula is C20H32O2. The molecule has 0 aromatic carbocycles. The molecule has 7 atom stereocenters. The summed E-state index contributed by atoms with van der Waals surface area (Å²) in [7, 11) is 0. The van der Waals surface area contributed by atoms with Crippen LogP contribution in [-0.4, -0.2) is 22.4 Å². The van der Waals surface area contributed by atoms with Gasteiger partial charge in [0, 0.05) is 5.41 Å². The third-order valence-electron chi connectivity index (χ3n) is 8.46. The van der Waals surface area contributed by atoms with Crippen molar-refractivity contribution >= 4 is 0 Å². The van der Waals surface area contributed by atoms with E-state index in [2.05, 4.69) is 27.4 Å². The molecule has 4 fully saturated rings. The van der Waals surface area contributed by atoms with E-state index in [1.807, 2.05) is 0 Å². The number of rotatable bonds is 0. The van der Waals surface area contributed by atoms with E-state index < -0.39 is 0 Å². The van der Waals surface area contributed by atoms with Gasteiger partial charge in [0.05, 0.1) is 12.2 Å². The number of aliphatic hydroxyl groups excluding tert-OH is 2. The van der Waals surface area contributed by atoms with Gasteiger partial charge < -0.3 is 10.2 Å². The highest BCUT2D eigenvalue weighted by molar-refractivity contribution is 5.28. The first-order valence-corrected chi connectivity index (χ1v) is 9.27. The predicted molar refractivity (Wildman–Crippen MR) is 88.3 cm³/mol. The van der Waals surface area contributed by atoms with Crippen LogP contribution in [0.5, 0.6) is 0 Å². The number of fused-ring (bicyclic) bond motifs is 3. The van der Waals surface area contributed by atoms with Crippen molar-refractivity contribution in [2.75, 3.05) is 0 Å². The first-order valence-electron chi connectivity index (χ1n) is 9.27.